The molecule has 1 saturated heterocycles. The molecule has 4 aromatic rings. The molecule has 1 aliphatic heterocycles. The van der Waals surface area contributed by atoms with E-state index < -0.39 is 0 Å². The Kier molecular flexibility index (Phi) is 4.77. The van der Waals surface area contributed by atoms with Gasteiger partial charge < -0.3 is 28.7 Å². The Balaban J connectivity index is 1.25. The van der Waals surface area contributed by atoms with Gasteiger partial charge in [0.05, 0.1) is 13.2 Å². The van der Waals surface area contributed by atoms with Crippen molar-refractivity contribution in [3.8, 4) is 0 Å². The zero-order chi connectivity index (χ0) is 21.7. The molecule has 4 heterocycles. The molecule has 1 aliphatic carbocycles. The fourth-order valence-electron chi connectivity index (χ4n) is 4.68. The van der Waals surface area contributed by atoms with Crippen LogP contribution < -0.4 is 10.2 Å². The molecule has 32 heavy (non-hydrogen) atoms. The van der Waals surface area contributed by atoms with E-state index in [1.54, 1.807) is 0 Å². The lowest BCUT2D eigenvalue weighted by Gasteiger charge is -2.27. The zero-order valence-electron chi connectivity index (χ0n) is 18.4. The third-order valence-corrected chi connectivity index (χ3v) is 6.55. The predicted octanol–water partition coefficient (Wildman–Crippen LogP) is 3.97. The molecule has 0 bridgehead atoms. The van der Waals surface area contributed by atoms with Crippen LogP contribution in [0.4, 0.5) is 17.5 Å². The van der Waals surface area contributed by atoms with Gasteiger partial charge in [0.15, 0.2) is 5.58 Å². The number of ether oxygens (including phenoxy) is 1. The molecule has 1 atom stereocenters. The molecule has 2 aliphatic rings. The van der Waals surface area contributed by atoms with Crippen molar-refractivity contribution in [2.75, 3.05) is 50.6 Å². The molecule has 6 rings (SSSR count). The van der Waals surface area contributed by atoms with Crippen molar-refractivity contribution in [3.63, 3.8) is 0 Å². The van der Waals surface area contributed by atoms with Gasteiger partial charge in [-0.25, -0.2) is 0 Å². The number of aryl methyl sites for hydroxylation is 1. The maximum absolute atomic E-state index is 6.12. The molecule has 8 heteroatoms. The van der Waals surface area contributed by atoms with Gasteiger partial charge in [-0.2, -0.15) is 9.97 Å². The molecule has 0 saturated carbocycles. The standard InChI is InChI=1S/C24H27N5O3/c1-28(2)16-4-7-20-18(14-16)17-5-8-22(27-23(17)31-20)25-15-3-6-21-19(13-15)26-24(32-21)29-9-11-30-12-10-29/h3,5-6,8,13,16H,4,7,9-12,14H2,1-2H3,(H,25,27). The van der Waals surface area contributed by atoms with Gasteiger partial charge in [-0.15, -0.1) is 0 Å². The topological polar surface area (TPSA) is 79.8 Å². The van der Waals surface area contributed by atoms with Crippen LogP contribution in [0.3, 0.4) is 0 Å². The summed E-state index contributed by atoms with van der Waals surface area (Å²) in [6.45, 7) is 2.99. The van der Waals surface area contributed by atoms with Crippen LogP contribution >= 0.6 is 0 Å². The van der Waals surface area contributed by atoms with Crippen LogP contribution in [0, 0.1) is 0 Å². The Morgan fingerprint density at radius 2 is 1.94 bits per heavy atom. The monoisotopic (exact) mass is 433 g/mol. The minimum Gasteiger partial charge on any atom is -0.442 e. The lowest BCUT2D eigenvalue weighted by atomic mass is 9.91. The highest BCUT2D eigenvalue weighted by atomic mass is 16.5. The number of morpholine rings is 1. The summed E-state index contributed by atoms with van der Waals surface area (Å²) in [5, 5.41) is 4.51. The molecule has 0 spiro atoms. The van der Waals surface area contributed by atoms with Crippen molar-refractivity contribution in [3.05, 3.63) is 41.7 Å². The molecular formula is C24H27N5O3. The summed E-state index contributed by atoms with van der Waals surface area (Å²) >= 11 is 0. The number of pyridine rings is 1. The minimum absolute atomic E-state index is 0.553. The van der Waals surface area contributed by atoms with E-state index in [2.05, 4.69) is 40.3 Å². The van der Waals surface area contributed by atoms with Gasteiger partial charge in [0, 0.05) is 42.2 Å². The lowest BCUT2D eigenvalue weighted by Crippen LogP contribution is -2.36. The van der Waals surface area contributed by atoms with Gasteiger partial charge in [-0.1, -0.05) is 0 Å². The number of anilines is 3. The maximum atomic E-state index is 6.12. The van der Waals surface area contributed by atoms with Gasteiger partial charge in [-0.3, -0.25) is 0 Å². The molecular weight excluding hydrogens is 406 g/mol. The number of likely N-dealkylation sites (N-methyl/N-ethyl adjacent to an activating group) is 1. The largest absolute Gasteiger partial charge is 0.442 e. The summed E-state index contributed by atoms with van der Waals surface area (Å²) in [4.78, 5) is 13.8. The van der Waals surface area contributed by atoms with Crippen molar-refractivity contribution in [2.24, 2.45) is 0 Å². The van der Waals surface area contributed by atoms with Crippen LogP contribution in [0.1, 0.15) is 17.7 Å². The Hall–Kier alpha value is -3.10. The smallest absolute Gasteiger partial charge is 0.298 e. The van der Waals surface area contributed by atoms with Crippen LogP contribution in [0.5, 0.6) is 0 Å². The van der Waals surface area contributed by atoms with E-state index in [1.807, 2.05) is 24.3 Å². The molecule has 1 N–H and O–H groups in total. The van der Waals surface area contributed by atoms with E-state index in [0.29, 0.717) is 31.0 Å². The number of benzene rings is 1. The first kappa shape index (κ1) is 19.6. The number of rotatable bonds is 4. The number of nitrogens with one attached hydrogen (secondary N) is 1. The number of furan rings is 1. The van der Waals surface area contributed by atoms with Crippen molar-refractivity contribution < 1.29 is 13.6 Å². The van der Waals surface area contributed by atoms with Crippen molar-refractivity contribution >= 4 is 39.7 Å². The second kappa shape index (κ2) is 7.79. The van der Waals surface area contributed by atoms with E-state index in [0.717, 1.165) is 66.1 Å². The van der Waals surface area contributed by atoms with Gasteiger partial charge in [0.25, 0.3) is 6.01 Å². The molecule has 0 radical (unpaired) electrons. The molecule has 3 aromatic heterocycles. The quantitative estimate of drug-likeness (QED) is 0.518. The average molecular weight is 434 g/mol. The van der Waals surface area contributed by atoms with Crippen molar-refractivity contribution in [1.29, 1.82) is 0 Å². The highest BCUT2D eigenvalue weighted by molar-refractivity contribution is 5.83. The highest BCUT2D eigenvalue weighted by Gasteiger charge is 2.26. The third-order valence-electron chi connectivity index (χ3n) is 6.55. The van der Waals surface area contributed by atoms with E-state index in [-0.39, 0.29) is 0 Å². The molecule has 166 valence electrons. The predicted molar refractivity (Wildman–Crippen MR) is 124 cm³/mol. The minimum atomic E-state index is 0.553. The molecule has 1 fully saturated rings. The van der Waals surface area contributed by atoms with Crippen LogP contribution in [0.15, 0.2) is 39.2 Å². The van der Waals surface area contributed by atoms with E-state index in [4.69, 9.17) is 18.6 Å². The van der Waals surface area contributed by atoms with E-state index in [9.17, 15) is 0 Å². The van der Waals surface area contributed by atoms with E-state index in [1.165, 1.54) is 5.56 Å². The Morgan fingerprint density at radius 1 is 1.06 bits per heavy atom. The van der Waals surface area contributed by atoms with Crippen molar-refractivity contribution in [1.82, 2.24) is 14.9 Å². The fourth-order valence-corrected chi connectivity index (χ4v) is 4.68. The zero-order valence-corrected chi connectivity index (χ0v) is 18.4. The van der Waals surface area contributed by atoms with Gasteiger partial charge in [0.1, 0.15) is 17.1 Å². The van der Waals surface area contributed by atoms with Crippen molar-refractivity contribution in [2.45, 2.75) is 25.3 Å². The first-order valence-electron chi connectivity index (χ1n) is 11.2. The van der Waals surface area contributed by atoms with Gasteiger partial charge in [-0.05, 0) is 57.3 Å². The molecule has 8 nitrogen and oxygen atoms in total. The van der Waals surface area contributed by atoms with Crippen LogP contribution in [0.25, 0.3) is 22.2 Å². The second-order valence-electron chi connectivity index (χ2n) is 8.82. The first-order valence-corrected chi connectivity index (χ1v) is 11.2. The Bertz CT molecular complexity index is 1270. The van der Waals surface area contributed by atoms with Crippen LogP contribution in [-0.4, -0.2) is 61.3 Å². The number of hydrogen-bond donors (Lipinski definition) is 1. The summed E-state index contributed by atoms with van der Waals surface area (Å²) in [6.07, 6.45) is 3.10. The number of hydrogen-bond acceptors (Lipinski definition) is 8. The second-order valence-corrected chi connectivity index (χ2v) is 8.82. The summed E-state index contributed by atoms with van der Waals surface area (Å²) in [5.41, 5.74) is 4.52. The van der Waals surface area contributed by atoms with Crippen LogP contribution in [0.2, 0.25) is 0 Å². The summed E-state index contributed by atoms with van der Waals surface area (Å²) in [5.74, 6) is 1.84. The van der Waals surface area contributed by atoms with Crippen LogP contribution in [-0.2, 0) is 17.6 Å². The third kappa shape index (κ3) is 3.49. The first-order chi connectivity index (χ1) is 15.6. The number of aromatic nitrogens is 2. The lowest BCUT2D eigenvalue weighted by molar-refractivity contribution is 0.120. The summed E-state index contributed by atoms with van der Waals surface area (Å²) in [7, 11) is 4.29. The van der Waals surface area contributed by atoms with Gasteiger partial charge >= 0.3 is 0 Å². The average Bonchev–Trinajstić information content (AvgIpc) is 3.39. The number of oxazole rings is 1. The molecule has 0 amide bonds. The molecule has 1 unspecified atom stereocenters. The summed E-state index contributed by atoms with van der Waals surface area (Å²) < 4.78 is 17.5. The Labute approximate surface area is 186 Å². The number of nitrogens with zero attached hydrogens (tertiary/aromatic N) is 4. The summed E-state index contributed by atoms with van der Waals surface area (Å²) in [6, 6.07) is 11.3. The van der Waals surface area contributed by atoms with Gasteiger partial charge in [0.2, 0.25) is 5.71 Å². The van der Waals surface area contributed by atoms with E-state index >= 15 is 0 Å². The normalized spacial score (nSPS) is 19.1. The maximum Gasteiger partial charge on any atom is 0.298 e. The SMILES string of the molecule is CN(C)C1CCc2oc3nc(Nc4ccc5oc(N6CCOCC6)nc5c4)ccc3c2C1. The fraction of sp³-hybridized carbons (Fsp3) is 0.417. The molecule has 1 aromatic carbocycles. The number of fused-ring (bicyclic) bond motifs is 4. The highest BCUT2D eigenvalue weighted by Crippen LogP contribution is 2.33. The Morgan fingerprint density at radius 3 is 2.78 bits per heavy atom.